The number of aromatic carboxylic acids is 1. The number of rotatable bonds is 4. The number of carboxylic acids is 1. The predicted molar refractivity (Wildman–Crippen MR) is 98.6 cm³/mol. The SMILES string of the molecule is COc1ccc(C2SCC(=O)N2c2c(C(=O)O)ccc(C)c2C)cc1. The van der Waals surface area contributed by atoms with E-state index in [1.54, 1.807) is 24.1 Å². The van der Waals surface area contributed by atoms with Crippen molar-refractivity contribution in [3.63, 3.8) is 0 Å². The zero-order valence-electron chi connectivity index (χ0n) is 14.3. The Labute approximate surface area is 150 Å². The van der Waals surface area contributed by atoms with E-state index in [9.17, 15) is 14.7 Å². The zero-order chi connectivity index (χ0) is 18.1. The van der Waals surface area contributed by atoms with Crippen LogP contribution in [0.3, 0.4) is 0 Å². The highest BCUT2D eigenvalue weighted by Crippen LogP contribution is 2.44. The molecule has 130 valence electrons. The molecule has 0 aliphatic carbocycles. The number of carboxylic acid groups (broad SMARTS) is 1. The molecule has 25 heavy (non-hydrogen) atoms. The van der Waals surface area contributed by atoms with Crippen LogP contribution >= 0.6 is 11.8 Å². The van der Waals surface area contributed by atoms with E-state index in [2.05, 4.69) is 0 Å². The van der Waals surface area contributed by atoms with E-state index in [0.29, 0.717) is 11.4 Å². The number of hydrogen-bond acceptors (Lipinski definition) is 4. The van der Waals surface area contributed by atoms with Crippen LogP contribution in [0.5, 0.6) is 5.75 Å². The lowest BCUT2D eigenvalue weighted by Crippen LogP contribution is -2.30. The summed E-state index contributed by atoms with van der Waals surface area (Å²) in [5.74, 6) is -0.0516. The molecule has 0 spiro atoms. The second-order valence-corrected chi connectivity index (χ2v) is 6.98. The van der Waals surface area contributed by atoms with Gasteiger partial charge in [-0.25, -0.2) is 4.79 Å². The molecule has 1 heterocycles. The van der Waals surface area contributed by atoms with Crippen LogP contribution in [-0.4, -0.2) is 29.8 Å². The molecule has 1 fully saturated rings. The smallest absolute Gasteiger partial charge is 0.337 e. The zero-order valence-corrected chi connectivity index (χ0v) is 15.1. The third-order valence-electron chi connectivity index (χ3n) is 4.44. The largest absolute Gasteiger partial charge is 0.497 e. The monoisotopic (exact) mass is 357 g/mol. The summed E-state index contributed by atoms with van der Waals surface area (Å²) in [5, 5.41) is 9.34. The highest BCUT2D eigenvalue weighted by atomic mass is 32.2. The van der Waals surface area contributed by atoms with Crippen LogP contribution in [0, 0.1) is 13.8 Å². The molecule has 0 bridgehead atoms. The van der Waals surface area contributed by atoms with E-state index in [1.807, 2.05) is 38.1 Å². The van der Waals surface area contributed by atoms with Crippen molar-refractivity contribution in [1.29, 1.82) is 0 Å². The molecular weight excluding hydrogens is 338 g/mol. The number of benzene rings is 2. The summed E-state index contributed by atoms with van der Waals surface area (Å²) in [7, 11) is 1.60. The Morgan fingerprint density at radius 1 is 1.20 bits per heavy atom. The first-order valence-corrected chi connectivity index (χ1v) is 8.90. The van der Waals surface area contributed by atoms with Gasteiger partial charge in [0.2, 0.25) is 5.91 Å². The van der Waals surface area contributed by atoms with Gasteiger partial charge < -0.3 is 9.84 Å². The van der Waals surface area contributed by atoms with Crippen molar-refractivity contribution in [2.45, 2.75) is 19.2 Å². The first-order valence-electron chi connectivity index (χ1n) is 7.85. The van der Waals surface area contributed by atoms with Crippen LogP contribution in [0.25, 0.3) is 0 Å². The van der Waals surface area contributed by atoms with Crippen LogP contribution < -0.4 is 9.64 Å². The molecular formula is C19H19NO4S. The molecule has 0 radical (unpaired) electrons. The summed E-state index contributed by atoms with van der Waals surface area (Å²) >= 11 is 1.50. The lowest BCUT2D eigenvalue weighted by molar-refractivity contribution is -0.115. The number of aryl methyl sites for hydroxylation is 1. The standard InChI is InChI=1S/C19H19NO4S/c1-11-4-9-15(19(22)23)17(12(11)2)20-16(21)10-25-18(20)13-5-7-14(24-3)8-6-13/h4-9,18H,10H2,1-3H3,(H,22,23). The van der Waals surface area contributed by atoms with Crippen molar-refractivity contribution in [2.75, 3.05) is 17.8 Å². The Kier molecular flexibility index (Phi) is 4.72. The predicted octanol–water partition coefficient (Wildman–Crippen LogP) is 3.79. The molecule has 0 saturated carbocycles. The molecule has 0 aromatic heterocycles. The minimum absolute atomic E-state index is 0.0815. The Morgan fingerprint density at radius 2 is 1.88 bits per heavy atom. The van der Waals surface area contributed by atoms with Crippen LogP contribution in [0.4, 0.5) is 5.69 Å². The van der Waals surface area contributed by atoms with Crippen LogP contribution in [0.1, 0.15) is 32.4 Å². The van der Waals surface area contributed by atoms with E-state index in [0.717, 1.165) is 22.4 Å². The highest BCUT2D eigenvalue weighted by molar-refractivity contribution is 8.00. The van der Waals surface area contributed by atoms with E-state index in [1.165, 1.54) is 11.8 Å². The first kappa shape index (κ1) is 17.4. The molecule has 1 saturated heterocycles. The lowest BCUT2D eigenvalue weighted by Gasteiger charge is -2.28. The van der Waals surface area contributed by atoms with Gasteiger partial charge in [0.25, 0.3) is 0 Å². The summed E-state index contributed by atoms with van der Waals surface area (Å²) in [6.07, 6.45) is 0. The maximum Gasteiger partial charge on any atom is 0.337 e. The number of ether oxygens (including phenoxy) is 1. The van der Waals surface area contributed by atoms with Gasteiger partial charge in [-0.15, -0.1) is 11.8 Å². The molecule has 1 N–H and O–H groups in total. The Bertz CT molecular complexity index is 832. The van der Waals surface area contributed by atoms with E-state index in [-0.39, 0.29) is 16.8 Å². The third-order valence-corrected chi connectivity index (χ3v) is 5.65. The summed E-state index contributed by atoms with van der Waals surface area (Å²) in [6.45, 7) is 3.78. The summed E-state index contributed by atoms with van der Waals surface area (Å²) < 4.78 is 5.18. The molecule has 1 amide bonds. The Morgan fingerprint density at radius 3 is 2.48 bits per heavy atom. The maximum absolute atomic E-state index is 12.6. The van der Waals surface area contributed by atoms with Gasteiger partial charge in [0, 0.05) is 0 Å². The fourth-order valence-electron chi connectivity index (χ4n) is 2.96. The molecule has 1 aliphatic rings. The molecule has 1 aliphatic heterocycles. The van der Waals surface area contributed by atoms with Gasteiger partial charge in [-0.05, 0) is 48.7 Å². The van der Waals surface area contributed by atoms with Gasteiger partial charge in [0.15, 0.2) is 0 Å². The van der Waals surface area contributed by atoms with Crippen LogP contribution in [-0.2, 0) is 4.79 Å². The molecule has 1 atom stereocenters. The Hall–Kier alpha value is -2.47. The first-order chi connectivity index (χ1) is 11.9. The van der Waals surface area contributed by atoms with Crippen molar-refractivity contribution in [2.24, 2.45) is 0 Å². The van der Waals surface area contributed by atoms with E-state index < -0.39 is 5.97 Å². The van der Waals surface area contributed by atoms with E-state index in [4.69, 9.17) is 4.74 Å². The minimum atomic E-state index is -1.03. The number of methoxy groups -OCH3 is 1. The highest BCUT2D eigenvalue weighted by Gasteiger charge is 2.37. The summed E-state index contributed by atoms with van der Waals surface area (Å²) in [6, 6.07) is 10.9. The number of carbonyl (C=O) groups excluding carboxylic acids is 1. The summed E-state index contributed by atoms with van der Waals surface area (Å²) in [5.41, 5.74) is 3.35. The number of anilines is 1. The Balaban J connectivity index is 2.12. The van der Waals surface area contributed by atoms with Gasteiger partial charge in [-0.3, -0.25) is 9.69 Å². The van der Waals surface area contributed by atoms with Crippen molar-refractivity contribution in [3.05, 3.63) is 58.7 Å². The average molecular weight is 357 g/mol. The van der Waals surface area contributed by atoms with Crippen molar-refractivity contribution < 1.29 is 19.4 Å². The van der Waals surface area contributed by atoms with Gasteiger partial charge in [0.1, 0.15) is 11.1 Å². The molecule has 6 heteroatoms. The topological polar surface area (TPSA) is 66.8 Å². The van der Waals surface area contributed by atoms with Crippen LogP contribution in [0.15, 0.2) is 36.4 Å². The van der Waals surface area contributed by atoms with Gasteiger partial charge in [-0.2, -0.15) is 0 Å². The molecule has 2 aromatic carbocycles. The van der Waals surface area contributed by atoms with Gasteiger partial charge >= 0.3 is 5.97 Å². The van der Waals surface area contributed by atoms with Crippen LogP contribution in [0.2, 0.25) is 0 Å². The average Bonchev–Trinajstić information content (AvgIpc) is 2.98. The number of hydrogen-bond donors (Lipinski definition) is 1. The second-order valence-electron chi connectivity index (χ2n) is 5.91. The number of thioether (sulfide) groups is 1. The number of nitrogens with zero attached hydrogens (tertiary/aromatic N) is 1. The molecule has 1 unspecified atom stereocenters. The number of amides is 1. The van der Waals surface area contributed by atoms with E-state index >= 15 is 0 Å². The third kappa shape index (κ3) is 3.09. The van der Waals surface area contributed by atoms with Crippen molar-refractivity contribution in [1.82, 2.24) is 0 Å². The normalized spacial score (nSPS) is 17.0. The lowest BCUT2D eigenvalue weighted by atomic mass is 10.0. The van der Waals surface area contributed by atoms with Crippen molar-refractivity contribution in [3.8, 4) is 5.75 Å². The quantitative estimate of drug-likeness (QED) is 0.902. The molecule has 2 aromatic rings. The fourth-order valence-corrected chi connectivity index (χ4v) is 4.13. The molecule has 3 rings (SSSR count). The van der Waals surface area contributed by atoms with Gasteiger partial charge in [-0.1, -0.05) is 18.2 Å². The fraction of sp³-hybridized carbons (Fsp3) is 0.263. The summed E-state index contributed by atoms with van der Waals surface area (Å²) in [4.78, 5) is 25.9. The van der Waals surface area contributed by atoms with Crippen molar-refractivity contribution >= 4 is 29.3 Å². The minimum Gasteiger partial charge on any atom is -0.497 e. The second kappa shape index (κ2) is 6.80. The number of carbonyl (C=O) groups is 2. The molecule has 5 nitrogen and oxygen atoms in total. The van der Waals surface area contributed by atoms with Gasteiger partial charge in [0.05, 0.1) is 24.1 Å². The maximum atomic E-state index is 12.6.